The number of rotatable bonds is 4. The Bertz CT molecular complexity index is 498. The molecule has 1 fully saturated rings. The van der Waals surface area contributed by atoms with Crippen molar-refractivity contribution in [3.63, 3.8) is 0 Å². The second kappa shape index (κ2) is 7.87. The van der Waals surface area contributed by atoms with E-state index in [9.17, 15) is 14.3 Å². The van der Waals surface area contributed by atoms with Crippen LogP contribution in [0.4, 0.5) is 9.18 Å². The summed E-state index contributed by atoms with van der Waals surface area (Å²) in [7, 11) is 0. The van der Waals surface area contributed by atoms with Gasteiger partial charge in [0.1, 0.15) is 5.82 Å². The number of thioether (sulfide) groups is 1. The highest BCUT2D eigenvalue weighted by molar-refractivity contribution is 7.99. The SMILES string of the molecule is O=C(NC[C@@H](O)c1ccc(Cl)c(F)c1)N[C@@H]1CCCSC1. The molecule has 1 aliphatic rings. The number of urea groups is 1. The van der Waals surface area contributed by atoms with Crippen LogP contribution in [0, 0.1) is 5.82 Å². The quantitative estimate of drug-likeness (QED) is 0.794. The summed E-state index contributed by atoms with van der Waals surface area (Å²) in [4.78, 5) is 11.7. The van der Waals surface area contributed by atoms with Crippen LogP contribution >= 0.6 is 23.4 Å². The van der Waals surface area contributed by atoms with E-state index in [-0.39, 0.29) is 23.6 Å². The summed E-state index contributed by atoms with van der Waals surface area (Å²) in [6.07, 6.45) is 1.11. The number of benzene rings is 1. The minimum absolute atomic E-state index is 0.00597. The molecule has 2 atom stereocenters. The molecule has 0 saturated carbocycles. The molecule has 0 aliphatic carbocycles. The molecule has 0 aromatic heterocycles. The van der Waals surface area contributed by atoms with Gasteiger partial charge in [-0.3, -0.25) is 0 Å². The van der Waals surface area contributed by atoms with E-state index >= 15 is 0 Å². The summed E-state index contributed by atoms with van der Waals surface area (Å²) in [6.45, 7) is 0.0206. The van der Waals surface area contributed by atoms with E-state index in [1.807, 2.05) is 11.8 Å². The fraction of sp³-hybridized carbons (Fsp3) is 0.500. The fourth-order valence-corrected chi connectivity index (χ4v) is 3.31. The molecule has 0 unspecified atom stereocenters. The number of nitrogens with one attached hydrogen (secondary N) is 2. The number of hydrogen-bond acceptors (Lipinski definition) is 3. The molecule has 4 nitrogen and oxygen atoms in total. The molecule has 2 rings (SSSR count). The molecule has 1 heterocycles. The molecule has 1 aromatic carbocycles. The average Bonchev–Trinajstić information content (AvgIpc) is 2.48. The first-order valence-electron chi connectivity index (χ1n) is 6.81. The van der Waals surface area contributed by atoms with E-state index in [0.29, 0.717) is 5.56 Å². The van der Waals surface area contributed by atoms with Crippen molar-refractivity contribution < 1.29 is 14.3 Å². The van der Waals surface area contributed by atoms with Gasteiger partial charge in [-0.25, -0.2) is 9.18 Å². The lowest BCUT2D eigenvalue weighted by molar-refractivity contribution is 0.172. The highest BCUT2D eigenvalue weighted by atomic mass is 35.5. The van der Waals surface area contributed by atoms with E-state index in [2.05, 4.69) is 10.6 Å². The number of aliphatic hydroxyl groups excluding tert-OH is 1. The molecule has 0 bridgehead atoms. The lowest BCUT2D eigenvalue weighted by Gasteiger charge is -2.23. The van der Waals surface area contributed by atoms with Gasteiger partial charge < -0.3 is 15.7 Å². The van der Waals surface area contributed by atoms with Gasteiger partial charge >= 0.3 is 6.03 Å². The maximum absolute atomic E-state index is 13.3. The van der Waals surface area contributed by atoms with Gasteiger partial charge in [-0.15, -0.1) is 0 Å². The highest BCUT2D eigenvalue weighted by Gasteiger charge is 2.17. The van der Waals surface area contributed by atoms with Crippen LogP contribution in [0.15, 0.2) is 18.2 Å². The van der Waals surface area contributed by atoms with Gasteiger partial charge in [-0.2, -0.15) is 11.8 Å². The predicted octanol–water partition coefficient (Wildman–Crippen LogP) is 2.71. The maximum Gasteiger partial charge on any atom is 0.315 e. The van der Waals surface area contributed by atoms with Crippen LogP contribution in [-0.2, 0) is 0 Å². The third kappa shape index (κ3) is 5.05. The molecular formula is C14H18ClFN2O2S. The average molecular weight is 333 g/mol. The molecular weight excluding hydrogens is 315 g/mol. The first-order chi connectivity index (χ1) is 10.1. The molecule has 116 valence electrons. The topological polar surface area (TPSA) is 61.4 Å². The smallest absolute Gasteiger partial charge is 0.315 e. The number of amides is 2. The third-order valence-corrected chi connectivity index (χ3v) is 4.80. The van der Waals surface area contributed by atoms with Crippen LogP contribution in [-0.4, -0.2) is 35.2 Å². The van der Waals surface area contributed by atoms with Crippen molar-refractivity contribution in [3.8, 4) is 0 Å². The zero-order valence-corrected chi connectivity index (χ0v) is 13.0. The van der Waals surface area contributed by atoms with Gasteiger partial charge in [0.25, 0.3) is 0 Å². The Balaban J connectivity index is 1.78. The standard InChI is InChI=1S/C14H18ClFN2O2S/c15-11-4-3-9(6-12(11)16)13(19)7-17-14(20)18-10-2-1-5-21-8-10/h3-4,6,10,13,19H,1-2,5,7-8H2,(H2,17,18,20)/t10-,13-/m1/s1. The second-order valence-electron chi connectivity index (χ2n) is 4.96. The van der Waals surface area contributed by atoms with Gasteiger partial charge in [0, 0.05) is 18.3 Å². The summed E-state index contributed by atoms with van der Waals surface area (Å²) < 4.78 is 13.3. The first kappa shape index (κ1) is 16.4. The van der Waals surface area contributed by atoms with Crippen LogP contribution in [0.5, 0.6) is 0 Å². The zero-order chi connectivity index (χ0) is 15.2. The Morgan fingerprint density at radius 2 is 2.38 bits per heavy atom. The van der Waals surface area contributed by atoms with E-state index in [0.717, 1.165) is 24.3 Å². The summed E-state index contributed by atoms with van der Waals surface area (Å²) >= 11 is 7.41. The monoisotopic (exact) mass is 332 g/mol. The first-order valence-corrected chi connectivity index (χ1v) is 8.34. The van der Waals surface area contributed by atoms with Crippen molar-refractivity contribution in [2.75, 3.05) is 18.1 Å². The molecule has 0 spiro atoms. The summed E-state index contributed by atoms with van der Waals surface area (Å²) in [5, 5.41) is 15.4. The number of hydrogen-bond donors (Lipinski definition) is 3. The predicted molar refractivity (Wildman–Crippen MR) is 83.3 cm³/mol. The third-order valence-electron chi connectivity index (χ3n) is 3.28. The summed E-state index contributed by atoms with van der Waals surface area (Å²) in [6, 6.07) is 3.96. The van der Waals surface area contributed by atoms with Gasteiger partial charge in [-0.1, -0.05) is 17.7 Å². The molecule has 0 radical (unpaired) electrons. The van der Waals surface area contributed by atoms with Gasteiger partial charge in [0.15, 0.2) is 0 Å². The number of aliphatic hydroxyl groups is 1. The lowest BCUT2D eigenvalue weighted by atomic mass is 10.1. The Labute approximate surface area is 132 Å². The van der Waals surface area contributed by atoms with E-state index in [1.165, 1.54) is 18.2 Å². The van der Waals surface area contributed by atoms with E-state index in [1.54, 1.807) is 0 Å². The van der Waals surface area contributed by atoms with Crippen LogP contribution in [0.2, 0.25) is 5.02 Å². The largest absolute Gasteiger partial charge is 0.387 e. The van der Waals surface area contributed by atoms with E-state index < -0.39 is 11.9 Å². The Kier molecular flexibility index (Phi) is 6.14. The summed E-state index contributed by atoms with van der Waals surface area (Å²) in [5.41, 5.74) is 0.380. The van der Waals surface area contributed by atoms with Crippen LogP contribution in [0.3, 0.4) is 0 Å². The van der Waals surface area contributed by atoms with Gasteiger partial charge in [-0.05, 0) is 36.3 Å². The van der Waals surface area contributed by atoms with E-state index in [4.69, 9.17) is 11.6 Å². The van der Waals surface area contributed by atoms with Gasteiger partial charge in [0.2, 0.25) is 0 Å². The highest BCUT2D eigenvalue weighted by Crippen LogP contribution is 2.20. The Morgan fingerprint density at radius 3 is 3.05 bits per heavy atom. The maximum atomic E-state index is 13.3. The second-order valence-corrected chi connectivity index (χ2v) is 6.51. The van der Waals surface area contributed by atoms with Crippen molar-refractivity contribution in [2.45, 2.75) is 25.0 Å². The molecule has 21 heavy (non-hydrogen) atoms. The minimum Gasteiger partial charge on any atom is -0.387 e. The lowest BCUT2D eigenvalue weighted by Crippen LogP contribution is -2.45. The van der Waals surface area contributed by atoms with Crippen LogP contribution in [0.1, 0.15) is 24.5 Å². The Hall–Kier alpha value is -0.980. The molecule has 1 aliphatic heterocycles. The number of halogens is 2. The number of carbonyl (C=O) groups excluding carboxylic acids is 1. The Morgan fingerprint density at radius 1 is 1.57 bits per heavy atom. The molecule has 1 saturated heterocycles. The van der Waals surface area contributed by atoms with Crippen molar-refractivity contribution in [1.29, 1.82) is 0 Å². The summed E-state index contributed by atoms with van der Waals surface area (Å²) in [5.74, 6) is 1.47. The van der Waals surface area contributed by atoms with Crippen molar-refractivity contribution in [2.24, 2.45) is 0 Å². The molecule has 3 N–H and O–H groups in total. The minimum atomic E-state index is -0.969. The fourth-order valence-electron chi connectivity index (χ4n) is 2.12. The zero-order valence-electron chi connectivity index (χ0n) is 11.4. The number of carbonyl (C=O) groups is 1. The van der Waals surface area contributed by atoms with Crippen molar-refractivity contribution in [3.05, 3.63) is 34.6 Å². The normalized spacial score (nSPS) is 19.9. The van der Waals surface area contributed by atoms with Crippen LogP contribution < -0.4 is 10.6 Å². The van der Waals surface area contributed by atoms with Gasteiger partial charge in [0.05, 0.1) is 11.1 Å². The molecule has 1 aromatic rings. The molecule has 7 heteroatoms. The molecule has 2 amide bonds. The van der Waals surface area contributed by atoms with Crippen molar-refractivity contribution in [1.82, 2.24) is 10.6 Å². The van der Waals surface area contributed by atoms with Crippen molar-refractivity contribution >= 4 is 29.4 Å². The van der Waals surface area contributed by atoms with Crippen LogP contribution in [0.25, 0.3) is 0 Å².